The number of hydrogen-bond acceptors (Lipinski definition) is 21. The van der Waals surface area contributed by atoms with E-state index in [1.54, 1.807) is 130 Å². The molecule has 9 aromatic carbocycles. The molecule has 3 saturated heterocycles. The van der Waals surface area contributed by atoms with Crippen LogP contribution in [0.1, 0.15) is 58.4 Å². The molecular weight excluding hydrogens is 1940 g/mol. The summed E-state index contributed by atoms with van der Waals surface area (Å²) < 4.78 is 63.8. The van der Waals surface area contributed by atoms with Crippen molar-refractivity contribution in [2.24, 2.45) is 0 Å². The standard InChI is InChI=1S/C28H29FN4O2S.C27H27FN4O2S.C26H25FN4OS2.2C10H12N2OS.C9H11NO/c1-3-30-28(34)33-14-12-32(13-15-33)18-20-5-7-21(8-6-20)26-17-23-27(36-26)25(10-11-31-23)35-24-9-4-19(2)16-22(24)29;1-18-3-8-23(21(28)15-18)34-24-9-10-30-22-16-25(35-26(22)24)20-6-4-19(5-7-20)17-31-11-13-32(14-12-31)27(33)29-2;1-17(33)30-20-6-7-23(21(27)14-20)32-24-8-9-29-22-15-25(34-26(22)24)19-4-2-18(3-5-19)16-31-12-10-28-11-13-31;2*1-11-10(14)12-9(13)7-8-5-3-2-4-6-8;1-10-9(11)7-8-5-3-2-4-6-8/h4-11,16-17H,3,12-15,18H2,1-2H3,(H,30,34);3-10,15-16H,11-14,17H2,1-2H3,(H,29,33);2-9,14-15,28H,10-13,16H2,1H3,(H,30,33);2*2-6H,7H2,1H3,(H2,11,12,13,14);2-6H,7H2,1H3,(H,10,11). The highest BCUT2D eigenvalue weighted by Gasteiger charge is 2.25. The Balaban J connectivity index is 0.000000153. The Kier molecular flexibility index (Phi) is 40.5. The number of urea groups is 2. The minimum atomic E-state index is -0.455. The Bertz CT molecular complexity index is 6770. The number of hydrogen-bond donors (Lipinski definition) is 9. The van der Waals surface area contributed by atoms with Crippen molar-refractivity contribution >= 4 is 152 Å². The summed E-state index contributed by atoms with van der Waals surface area (Å²) in [6.07, 6.45) is 6.24. The van der Waals surface area contributed by atoms with E-state index in [-0.39, 0.29) is 58.7 Å². The van der Waals surface area contributed by atoms with Gasteiger partial charge in [-0.3, -0.25) is 44.0 Å². The lowest BCUT2D eigenvalue weighted by Gasteiger charge is -2.34. The van der Waals surface area contributed by atoms with Crippen molar-refractivity contribution in [3.8, 4) is 65.8 Å². The molecule has 0 atom stereocenters. The highest BCUT2D eigenvalue weighted by molar-refractivity contribution is 7.80. The predicted molar refractivity (Wildman–Crippen MR) is 585 cm³/mol. The third-order valence-electron chi connectivity index (χ3n) is 23.1. The topological polar surface area (TPSA) is 276 Å². The van der Waals surface area contributed by atoms with E-state index >= 15 is 0 Å². The molecule has 3 fully saturated rings. The van der Waals surface area contributed by atoms with Crippen LogP contribution in [-0.2, 0) is 53.3 Å². The first-order valence-corrected chi connectivity index (χ1v) is 50.8. The number of thiophene rings is 3. The van der Waals surface area contributed by atoms with E-state index in [4.69, 9.17) is 50.9 Å². The maximum absolute atomic E-state index is 14.6. The number of amides is 7. The first kappa shape index (κ1) is 107. The zero-order valence-electron chi connectivity index (χ0n) is 81.3. The normalized spacial score (nSPS) is 12.9. The van der Waals surface area contributed by atoms with Gasteiger partial charge in [0.1, 0.15) is 17.2 Å². The van der Waals surface area contributed by atoms with Gasteiger partial charge < -0.3 is 71.9 Å². The Morgan fingerprint density at radius 3 is 1.04 bits per heavy atom. The number of nitrogens with one attached hydrogen (secondary N) is 9. The van der Waals surface area contributed by atoms with Gasteiger partial charge in [-0.05, 0) is 168 Å². The summed E-state index contributed by atoms with van der Waals surface area (Å²) in [5.41, 5.74) is 14.9. The second-order valence-electron chi connectivity index (χ2n) is 33.9. The molecule has 6 aromatic heterocycles. The summed E-state index contributed by atoms with van der Waals surface area (Å²) in [4.78, 5) is 85.6. The van der Waals surface area contributed by atoms with E-state index in [2.05, 4.69) is 156 Å². The fourth-order valence-corrected chi connectivity index (χ4v) is 19.1. The molecule has 0 spiro atoms. The number of ether oxygens (including phenoxy) is 3. The van der Waals surface area contributed by atoms with Crippen molar-refractivity contribution in [3.05, 3.63) is 335 Å². The van der Waals surface area contributed by atoms with Crippen LogP contribution in [0.25, 0.3) is 62.0 Å². The second-order valence-corrected chi connectivity index (χ2v) is 38.4. The average molecular weight is 2050 g/mol. The van der Waals surface area contributed by atoms with Crippen LogP contribution in [0.5, 0.6) is 34.5 Å². The molecule has 3 aliphatic heterocycles. The molecule has 7 amide bonds. The number of likely N-dealkylation sites (N-methyl/N-ethyl adjacent to an activating group) is 1. The smallest absolute Gasteiger partial charge is 0.317 e. The first-order valence-electron chi connectivity index (χ1n) is 47.1. The summed E-state index contributed by atoms with van der Waals surface area (Å²) in [6.45, 7) is 21.4. The van der Waals surface area contributed by atoms with Crippen LogP contribution < -0.4 is 62.1 Å². The summed E-state index contributed by atoms with van der Waals surface area (Å²) in [6, 6.07) is 80.7. The van der Waals surface area contributed by atoms with Crippen LogP contribution in [0, 0.1) is 31.3 Å². The molecule has 0 radical (unpaired) electrons. The second kappa shape index (κ2) is 54.4. The van der Waals surface area contributed by atoms with Crippen molar-refractivity contribution < 1.29 is 51.4 Å². The molecule has 18 rings (SSSR count). The van der Waals surface area contributed by atoms with Crippen LogP contribution in [-0.4, -0.2) is 198 Å². The fourth-order valence-electron chi connectivity index (χ4n) is 15.5. The Morgan fingerprint density at radius 1 is 0.375 bits per heavy atom. The number of thiocarbonyl (C=S) groups is 3. The SMILES string of the molecule is CC(=S)Nc1ccc(Oc2ccnc3cc(-c4ccc(CN5CCNCC5)cc4)sc23)c(F)c1.CCNC(=O)N1CCN(Cc2ccc(-c3cc4nccc(Oc5ccc(C)cc5F)c4s3)cc2)CC1.CNC(=O)Cc1ccccc1.CNC(=O)N1CCN(Cc2ccc(-c3cc4nccc(Oc5ccc(C)cc5F)c4s3)cc2)CC1.CNC(=S)NC(=O)Cc1ccccc1.CNC(=S)NC(=O)Cc1ccccc1. The number of halogens is 3. The van der Waals surface area contributed by atoms with Gasteiger partial charge in [-0.25, -0.2) is 22.8 Å². The molecule has 25 nitrogen and oxygen atoms in total. The van der Waals surface area contributed by atoms with Crippen LogP contribution >= 0.6 is 70.7 Å². The maximum atomic E-state index is 14.6. The Labute approximate surface area is 865 Å². The molecule has 0 aliphatic carbocycles. The lowest BCUT2D eigenvalue weighted by molar-refractivity contribution is -0.120. The van der Waals surface area contributed by atoms with Crippen LogP contribution in [0.2, 0.25) is 0 Å². The molecule has 746 valence electrons. The molecule has 0 unspecified atom stereocenters. The minimum absolute atomic E-state index is 0.00983. The summed E-state index contributed by atoms with van der Waals surface area (Å²) in [5.74, 6) is 0.997. The highest BCUT2D eigenvalue weighted by Crippen LogP contribution is 2.44. The molecule has 0 saturated carbocycles. The monoisotopic (exact) mass is 2050 g/mol. The van der Waals surface area contributed by atoms with E-state index in [0.717, 1.165) is 188 Å². The number of fused-ring (bicyclic) bond motifs is 3. The summed E-state index contributed by atoms with van der Waals surface area (Å²) in [7, 11) is 6.65. The van der Waals surface area contributed by atoms with E-state index in [9.17, 15) is 37.1 Å². The number of nitrogens with zero attached hydrogens (tertiary/aromatic N) is 8. The summed E-state index contributed by atoms with van der Waals surface area (Å²) in [5, 5.41) is 25.7. The van der Waals surface area contributed by atoms with E-state index in [0.29, 0.717) is 64.0 Å². The fraction of sp³-hybridized carbons (Fsp3) is 0.245. The van der Waals surface area contributed by atoms with Crippen LogP contribution in [0.4, 0.5) is 28.4 Å². The minimum Gasteiger partial charge on any atom is -0.453 e. The lowest BCUT2D eigenvalue weighted by atomic mass is 10.1. The molecule has 3 aliphatic rings. The van der Waals surface area contributed by atoms with E-state index in [1.165, 1.54) is 34.9 Å². The Hall–Kier alpha value is -14.0. The number of benzene rings is 9. The number of anilines is 1. The van der Waals surface area contributed by atoms with Crippen molar-refractivity contribution in [1.29, 1.82) is 0 Å². The van der Waals surface area contributed by atoms with Crippen LogP contribution in [0.15, 0.2) is 273 Å². The molecular formula is C110H116F3N17O8S6. The van der Waals surface area contributed by atoms with Gasteiger partial charge in [-0.2, -0.15) is 0 Å². The van der Waals surface area contributed by atoms with Crippen molar-refractivity contribution in [3.63, 3.8) is 0 Å². The maximum Gasteiger partial charge on any atom is 0.317 e. The van der Waals surface area contributed by atoms with Crippen molar-refractivity contribution in [1.82, 2.24) is 82.0 Å². The molecule has 34 heteroatoms. The van der Waals surface area contributed by atoms with Gasteiger partial charge in [0.05, 0.1) is 54.9 Å². The zero-order chi connectivity index (χ0) is 102. The predicted octanol–water partition coefficient (Wildman–Crippen LogP) is 20.4. The largest absolute Gasteiger partial charge is 0.453 e. The van der Waals surface area contributed by atoms with Crippen molar-refractivity contribution in [2.75, 3.05) is 119 Å². The molecule has 144 heavy (non-hydrogen) atoms. The first-order chi connectivity index (χ1) is 69.8. The molecule has 9 N–H and O–H groups in total. The average Bonchev–Trinajstić information content (AvgIpc) is 1.65. The number of pyridine rings is 3. The van der Waals surface area contributed by atoms with Crippen molar-refractivity contribution in [2.45, 2.75) is 66.6 Å². The number of carbonyl (C=O) groups excluding carboxylic acids is 5. The van der Waals surface area contributed by atoms with E-state index in [1.807, 2.05) is 146 Å². The third-order valence-corrected chi connectivity index (χ3v) is 27.4. The van der Waals surface area contributed by atoms with Gasteiger partial charge in [0.15, 0.2) is 44.9 Å². The number of aromatic nitrogens is 3. The van der Waals surface area contributed by atoms with Gasteiger partial charge in [0.25, 0.3) is 0 Å². The number of piperazine rings is 3. The zero-order valence-corrected chi connectivity index (χ0v) is 86.2. The number of aryl methyl sites for hydroxylation is 2. The van der Waals surface area contributed by atoms with E-state index < -0.39 is 5.82 Å². The van der Waals surface area contributed by atoms with Gasteiger partial charge in [0.2, 0.25) is 17.7 Å². The van der Waals surface area contributed by atoms with Gasteiger partial charge >= 0.3 is 12.1 Å². The van der Waals surface area contributed by atoms with Gasteiger partial charge in [-0.1, -0.05) is 188 Å². The quantitative estimate of drug-likeness (QED) is 0.0269. The lowest BCUT2D eigenvalue weighted by Crippen LogP contribution is -2.51. The third kappa shape index (κ3) is 32.5. The summed E-state index contributed by atoms with van der Waals surface area (Å²) >= 11 is 19.4. The highest BCUT2D eigenvalue weighted by atomic mass is 32.1. The van der Waals surface area contributed by atoms with Gasteiger partial charge in [-0.15, -0.1) is 34.0 Å². The number of carbonyl (C=O) groups is 5. The molecule has 9 heterocycles. The van der Waals surface area contributed by atoms with Crippen LogP contribution in [0.3, 0.4) is 0 Å². The van der Waals surface area contributed by atoms with Gasteiger partial charge in [0, 0.05) is 196 Å². The Morgan fingerprint density at radius 2 is 0.715 bits per heavy atom. The molecule has 15 aromatic rings. The molecule has 0 bridgehead atoms. The number of rotatable bonds is 23.